The lowest BCUT2D eigenvalue weighted by Crippen LogP contribution is -2.62. The molecule has 0 radical (unpaired) electrons. The number of carbonyl (C=O) groups excluding carboxylic acids is 4. The van der Waals surface area contributed by atoms with Crippen molar-refractivity contribution in [2.24, 2.45) is 0 Å². The van der Waals surface area contributed by atoms with Crippen molar-refractivity contribution >= 4 is 23.9 Å². The van der Waals surface area contributed by atoms with E-state index in [4.69, 9.17) is 23.7 Å². The zero-order chi connectivity index (χ0) is 41.1. The van der Waals surface area contributed by atoms with Gasteiger partial charge in [0.2, 0.25) is 17.8 Å². The second kappa shape index (κ2) is 13.9. The molecule has 0 aliphatic carbocycles. The highest BCUT2D eigenvalue weighted by Gasteiger charge is 2.53. The predicted molar refractivity (Wildman–Crippen MR) is 174 cm³/mol. The van der Waals surface area contributed by atoms with Gasteiger partial charge in [0, 0.05) is 11.1 Å². The maximum atomic E-state index is 14.0. The van der Waals surface area contributed by atoms with Gasteiger partial charge in [-0.15, -0.1) is 0 Å². The minimum absolute atomic E-state index is 0.435. The minimum Gasteiger partial charge on any atom is -0.504 e. The largest absolute Gasteiger partial charge is 0.504 e. The first-order valence-corrected chi connectivity index (χ1v) is 15.5. The number of aliphatic hydroxyl groups is 1. The summed E-state index contributed by atoms with van der Waals surface area (Å²) < 4.78 is 27.0. The molecule has 22 heteroatoms. The fourth-order valence-corrected chi connectivity index (χ4v) is 5.75. The Balaban J connectivity index is 1.51. The van der Waals surface area contributed by atoms with Crippen LogP contribution in [-0.4, -0.2) is 128 Å². The molecule has 56 heavy (non-hydrogen) atoms. The molecule has 0 aromatic heterocycles. The molecule has 1 fully saturated rings. The van der Waals surface area contributed by atoms with Crippen LogP contribution in [0.25, 0.3) is 11.1 Å². The van der Waals surface area contributed by atoms with Crippen LogP contribution in [0.1, 0.15) is 41.4 Å². The molecule has 1 saturated heterocycles. The fourth-order valence-electron chi connectivity index (χ4n) is 5.75. The zero-order valence-corrected chi connectivity index (χ0v) is 27.5. The second-order valence-corrected chi connectivity index (χ2v) is 12.0. The number of phenols is 12. The molecule has 2 heterocycles. The molecule has 294 valence electrons. The first kappa shape index (κ1) is 38.0. The molecule has 2 unspecified atom stereocenters. The van der Waals surface area contributed by atoms with Gasteiger partial charge in [-0.1, -0.05) is 0 Å². The van der Waals surface area contributed by atoms with E-state index in [9.17, 15) is 85.6 Å². The maximum Gasteiger partial charge on any atom is 0.340 e. The number of phenolic OH excluding ortho intramolecular Hbond substituents is 12. The van der Waals surface area contributed by atoms with E-state index in [1.807, 2.05) is 0 Å². The van der Waals surface area contributed by atoms with Crippen LogP contribution in [0.4, 0.5) is 0 Å². The van der Waals surface area contributed by atoms with E-state index in [2.05, 4.69) is 0 Å². The molecule has 6 rings (SSSR count). The van der Waals surface area contributed by atoms with E-state index < -0.39 is 164 Å². The van der Waals surface area contributed by atoms with Crippen molar-refractivity contribution < 1.29 is 109 Å². The van der Waals surface area contributed by atoms with E-state index in [1.165, 1.54) is 0 Å². The number of ether oxygens (including phenoxy) is 5. The molecule has 5 atom stereocenters. The average Bonchev–Trinajstić information content (AvgIpc) is 3.14. The Morgan fingerprint density at radius 3 is 1.43 bits per heavy atom. The van der Waals surface area contributed by atoms with Gasteiger partial charge in [-0.2, -0.15) is 0 Å². The van der Waals surface area contributed by atoms with E-state index in [-0.39, 0.29) is 0 Å². The van der Waals surface area contributed by atoms with Gasteiger partial charge < -0.3 is 90.1 Å². The molecule has 0 spiro atoms. The van der Waals surface area contributed by atoms with Gasteiger partial charge in [-0.05, 0) is 36.4 Å². The van der Waals surface area contributed by atoms with Crippen LogP contribution in [0.15, 0.2) is 36.4 Å². The van der Waals surface area contributed by atoms with Gasteiger partial charge >= 0.3 is 23.9 Å². The molecule has 0 amide bonds. The monoisotopic (exact) mass is 786 g/mol. The van der Waals surface area contributed by atoms with Gasteiger partial charge in [-0.25, -0.2) is 19.2 Å². The van der Waals surface area contributed by atoms with Gasteiger partial charge in [-0.3, -0.25) is 0 Å². The van der Waals surface area contributed by atoms with E-state index in [0.29, 0.717) is 36.4 Å². The van der Waals surface area contributed by atoms with Gasteiger partial charge in [0.05, 0.1) is 22.3 Å². The number of benzene rings is 4. The number of esters is 4. The third-order valence-electron chi connectivity index (χ3n) is 8.51. The Kier molecular flexibility index (Phi) is 9.45. The Morgan fingerprint density at radius 1 is 0.554 bits per heavy atom. The van der Waals surface area contributed by atoms with Gasteiger partial charge in [0.15, 0.2) is 75.8 Å². The summed E-state index contributed by atoms with van der Waals surface area (Å²) in [6, 6.07) is 3.45. The molecule has 22 nitrogen and oxygen atoms in total. The summed E-state index contributed by atoms with van der Waals surface area (Å²) in [5, 5.41) is 134. The van der Waals surface area contributed by atoms with Crippen LogP contribution in [0.3, 0.4) is 0 Å². The summed E-state index contributed by atoms with van der Waals surface area (Å²) in [5.74, 6) is -20.1. The van der Waals surface area contributed by atoms with Crippen molar-refractivity contribution in [1.82, 2.24) is 0 Å². The average molecular weight is 787 g/mol. The van der Waals surface area contributed by atoms with Gasteiger partial charge in [0.1, 0.15) is 12.7 Å². The minimum atomic E-state index is -2.44. The van der Waals surface area contributed by atoms with Crippen LogP contribution in [0.2, 0.25) is 0 Å². The summed E-state index contributed by atoms with van der Waals surface area (Å²) in [5.41, 5.74) is -5.32. The molecular formula is C34H26O22. The number of rotatable bonds is 4. The maximum absolute atomic E-state index is 14.0. The van der Waals surface area contributed by atoms with Crippen molar-refractivity contribution in [3.63, 3.8) is 0 Å². The van der Waals surface area contributed by atoms with Crippen molar-refractivity contribution in [3.8, 4) is 80.1 Å². The first-order chi connectivity index (χ1) is 26.3. The second-order valence-electron chi connectivity index (χ2n) is 12.0. The highest BCUT2D eigenvalue weighted by atomic mass is 16.7. The summed E-state index contributed by atoms with van der Waals surface area (Å²) in [7, 11) is 0. The number of aliphatic hydroxyl groups excluding tert-OH is 1. The van der Waals surface area contributed by atoms with E-state index >= 15 is 0 Å². The SMILES string of the molecule is O=C(O[C@@H]1OC2COC(=O)c3cc(O)c(O)c(O)c3-c3c(cc(O)c(O)c3O)C(=O)O[C@@H](C1O)[C@@H]2OC(=O)c1cc(O)c(O)c(O)c1)c1cc(O)c(O)c(O)c1. The van der Waals surface area contributed by atoms with Crippen molar-refractivity contribution in [2.75, 3.05) is 6.61 Å². The molecule has 0 saturated carbocycles. The highest BCUT2D eigenvalue weighted by Crippen LogP contribution is 2.53. The number of fused-ring (bicyclic) bond motifs is 5. The fraction of sp³-hybridized carbons (Fsp3) is 0.176. The Labute approximate surface area is 309 Å². The van der Waals surface area contributed by atoms with Crippen molar-refractivity contribution in [3.05, 3.63) is 58.7 Å². The quantitative estimate of drug-likeness (QED) is 0.0768. The summed E-state index contributed by atoms with van der Waals surface area (Å²) in [6.45, 7) is -1.14. The van der Waals surface area contributed by atoms with Crippen LogP contribution in [0, 0.1) is 0 Å². The third kappa shape index (κ3) is 6.45. The highest BCUT2D eigenvalue weighted by molar-refractivity contribution is 6.08. The lowest BCUT2D eigenvalue weighted by atomic mass is 9.91. The number of hydrogen-bond donors (Lipinski definition) is 13. The van der Waals surface area contributed by atoms with Crippen LogP contribution in [-0.2, 0) is 23.7 Å². The van der Waals surface area contributed by atoms with Crippen molar-refractivity contribution in [2.45, 2.75) is 30.7 Å². The summed E-state index contributed by atoms with van der Waals surface area (Å²) in [6.07, 6.45) is -11.2. The Morgan fingerprint density at radius 2 is 0.964 bits per heavy atom. The first-order valence-electron chi connectivity index (χ1n) is 15.5. The Bertz CT molecular complexity index is 2290. The number of aromatic hydroxyl groups is 12. The number of carbonyl (C=O) groups is 4. The van der Waals surface area contributed by atoms with Crippen molar-refractivity contribution in [1.29, 1.82) is 0 Å². The lowest BCUT2D eigenvalue weighted by molar-refractivity contribution is -0.283. The normalized spacial score (nSPS) is 20.6. The summed E-state index contributed by atoms with van der Waals surface area (Å²) >= 11 is 0. The van der Waals surface area contributed by atoms with Gasteiger partial charge in [0.25, 0.3) is 0 Å². The predicted octanol–water partition coefficient (Wildman–Crippen LogP) is 0.685. The number of cyclic esters (lactones) is 1. The Hall–Kier alpha value is -7.72. The molecule has 13 N–H and O–H groups in total. The number of hydrogen-bond acceptors (Lipinski definition) is 22. The topological polar surface area (TPSA) is 377 Å². The van der Waals surface area contributed by atoms with Crippen LogP contribution >= 0.6 is 0 Å². The smallest absolute Gasteiger partial charge is 0.340 e. The van der Waals surface area contributed by atoms with Crippen LogP contribution in [0.5, 0.6) is 69.0 Å². The van der Waals surface area contributed by atoms with E-state index in [1.54, 1.807) is 0 Å². The molecular weight excluding hydrogens is 760 g/mol. The zero-order valence-electron chi connectivity index (χ0n) is 27.5. The lowest BCUT2D eigenvalue weighted by Gasteiger charge is -2.42. The third-order valence-corrected chi connectivity index (χ3v) is 8.51. The molecule has 4 aromatic rings. The standard InChI is InChI=1S/C34H26O22/c35-12-1-8(2-13(36)21(12)41)30(48)54-28-18-7-52-32(50)10-5-16(39)23(43)25(45)19(10)20-11(6-17(40)24(44)26(20)46)33(51)55-29(28)27(47)34(53-18)56-31(49)9-3-14(37)22(42)15(38)4-9/h1-6,18,27-29,34-47H,7H2/t18?,27?,28-,29+,34+/m1/s1. The summed E-state index contributed by atoms with van der Waals surface area (Å²) in [4.78, 5) is 54.1. The molecule has 2 aliphatic heterocycles. The van der Waals surface area contributed by atoms with Crippen LogP contribution < -0.4 is 0 Å². The molecule has 4 aromatic carbocycles. The van der Waals surface area contributed by atoms with E-state index in [0.717, 1.165) is 0 Å². The molecule has 2 aliphatic rings. The molecule has 2 bridgehead atoms.